The highest BCUT2D eigenvalue weighted by Crippen LogP contribution is 2.19. The van der Waals surface area contributed by atoms with Gasteiger partial charge < -0.3 is 10.2 Å². The Balaban J connectivity index is 4.07. The van der Waals surface area contributed by atoms with Crippen LogP contribution in [0.1, 0.15) is 39.0 Å². The van der Waals surface area contributed by atoms with Crippen LogP contribution in [0.15, 0.2) is 12.7 Å². The first-order valence-electron chi connectivity index (χ1n) is 4.63. The maximum Gasteiger partial charge on any atom is 0.335 e. The third kappa shape index (κ3) is 4.08. The standard InChI is InChI=1S/C10H18O3/c1-3-5-6-8-10(13,7-4-2)9(11)12/h4,13H,2-3,5-8H2,1H3,(H,11,12). The Labute approximate surface area is 79.1 Å². The third-order valence-corrected chi connectivity index (χ3v) is 2.07. The fourth-order valence-electron chi connectivity index (χ4n) is 1.20. The fourth-order valence-corrected chi connectivity index (χ4v) is 1.20. The summed E-state index contributed by atoms with van der Waals surface area (Å²) in [6, 6.07) is 0. The van der Waals surface area contributed by atoms with Crippen molar-refractivity contribution >= 4 is 5.97 Å². The predicted molar refractivity (Wildman–Crippen MR) is 51.5 cm³/mol. The second-order valence-corrected chi connectivity index (χ2v) is 3.29. The summed E-state index contributed by atoms with van der Waals surface area (Å²) in [5.41, 5.74) is -1.60. The van der Waals surface area contributed by atoms with Crippen LogP contribution in [0, 0.1) is 0 Å². The Morgan fingerprint density at radius 2 is 2.15 bits per heavy atom. The zero-order valence-electron chi connectivity index (χ0n) is 8.12. The number of hydrogen-bond acceptors (Lipinski definition) is 2. The van der Waals surface area contributed by atoms with Crippen molar-refractivity contribution in [3.8, 4) is 0 Å². The first-order valence-corrected chi connectivity index (χ1v) is 4.63. The van der Waals surface area contributed by atoms with E-state index in [1.54, 1.807) is 0 Å². The summed E-state index contributed by atoms with van der Waals surface area (Å²) in [5, 5.41) is 18.4. The van der Waals surface area contributed by atoms with Gasteiger partial charge in [0.15, 0.2) is 5.60 Å². The van der Waals surface area contributed by atoms with E-state index in [0.717, 1.165) is 19.3 Å². The van der Waals surface area contributed by atoms with Crippen LogP contribution in [-0.4, -0.2) is 21.8 Å². The number of hydrogen-bond donors (Lipinski definition) is 2. The minimum absolute atomic E-state index is 0.117. The minimum atomic E-state index is -1.60. The van der Waals surface area contributed by atoms with Crippen LogP contribution in [0.25, 0.3) is 0 Å². The summed E-state index contributed by atoms with van der Waals surface area (Å²) in [4.78, 5) is 10.7. The summed E-state index contributed by atoms with van der Waals surface area (Å²) in [6.45, 7) is 5.47. The molecular formula is C10H18O3. The second kappa shape index (κ2) is 5.75. The van der Waals surface area contributed by atoms with Crippen LogP contribution >= 0.6 is 0 Å². The molecule has 3 heteroatoms. The van der Waals surface area contributed by atoms with E-state index >= 15 is 0 Å². The molecule has 0 fully saturated rings. The summed E-state index contributed by atoms with van der Waals surface area (Å²) in [5.74, 6) is -1.15. The molecule has 0 aliphatic heterocycles. The molecule has 0 rings (SSSR count). The van der Waals surface area contributed by atoms with Gasteiger partial charge in [-0.1, -0.05) is 25.8 Å². The Kier molecular flexibility index (Phi) is 5.39. The van der Waals surface area contributed by atoms with Crippen molar-refractivity contribution in [2.75, 3.05) is 0 Å². The second-order valence-electron chi connectivity index (χ2n) is 3.29. The molecule has 3 nitrogen and oxygen atoms in total. The third-order valence-electron chi connectivity index (χ3n) is 2.07. The summed E-state index contributed by atoms with van der Waals surface area (Å²) < 4.78 is 0. The zero-order valence-corrected chi connectivity index (χ0v) is 8.12. The molecule has 0 spiro atoms. The lowest BCUT2D eigenvalue weighted by Gasteiger charge is -2.21. The lowest BCUT2D eigenvalue weighted by molar-refractivity contribution is -0.159. The van der Waals surface area contributed by atoms with Crippen molar-refractivity contribution in [1.29, 1.82) is 0 Å². The predicted octanol–water partition coefficient (Wildman–Crippen LogP) is 1.96. The largest absolute Gasteiger partial charge is 0.479 e. The van der Waals surface area contributed by atoms with Crippen molar-refractivity contribution in [3.63, 3.8) is 0 Å². The molecule has 0 radical (unpaired) electrons. The lowest BCUT2D eigenvalue weighted by Crippen LogP contribution is -2.37. The number of carboxylic acid groups (broad SMARTS) is 1. The van der Waals surface area contributed by atoms with Gasteiger partial charge in [-0.3, -0.25) is 0 Å². The van der Waals surface area contributed by atoms with Gasteiger partial charge in [-0.2, -0.15) is 0 Å². The van der Waals surface area contributed by atoms with Gasteiger partial charge in [0.2, 0.25) is 0 Å². The topological polar surface area (TPSA) is 57.5 Å². The normalized spacial score (nSPS) is 14.9. The molecule has 0 aromatic heterocycles. The zero-order chi connectivity index (χ0) is 10.3. The molecule has 0 aliphatic rings. The molecule has 0 aromatic carbocycles. The highest BCUT2D eigenvalue weighted by molar-refractivity contribution is 5.77. The Hall–Kier alpha value is -0.830. The van der Waals surface area contributed by atoms with Crippen molar-refractivity contribution in [2.24, 2.45) is 0 Å². The van der Waals surface area contributed by atoms with Gasteiger partial charge in [-0.25, -0.2) is 4.79 Å². The number of aliphatic hydroxyl groups is 1. The maximum atomic E-state index is 10.7. The van der Waals surface area contributed by atoms with Crippen LogP contribution < -0.4 is 0 Å². The number of rotatable bonds is 7. The lowest BCUT2D eigenvalue weighted by atomic mass is 9.93. The van der Waals surface area contributed by atoms with Crippen molar-refractivity contribution in [3.05, 3.63) is 12.7 Å². The number of unbranched alkanes of at least 4 members (excludes halogenated alkanes) is 2. The monoisotopic (exact) mass is 186 g/mol. The molecule has 0 saturated carbocycles. The molecule has 0 aliphatic carbocycles. The molecule has 2 N–H and O–H groups in total. The van der Waals surface area contributed by atoms with E-state index in [4.69, 9.17) is 5.11 Å². The van der Waals surface area contributed by atoms with E-state index in [1.165, 1.54) is 6.08 Å². The van der Waals surface area contributed by atoms with Crippen LogP contribution in [0.5, 0.6) is 0 Å². The van der Waals surface area contributed by atoms with Gasteiger partial charge in [0.25, 0.3) is 0 Å². The summed E-state index contributed by atoms with van der Waals surface area (Å²) in [6.07, 6.45) is 4.58. The Morgan fingerprint density at radius 3 is 2.54 bits per heavy atom. The minimum Gasteiger partial charge on any atom is -0.479 e. The molecule has 0 saturated heterocycles. The van der Waals surface area contributed by atoms with Gasteiger partial charge in [-0.15, -0.1) is 6.58 Å². The molecular weight excluding hydrogens is 168 g/mol. The Bertz CT molecular complexity index is 177. The van der Waals surface area contributed by atoms with E-state index in [9.17, 15) is 9.90 Å². The maximum absolute atomic E-state index is 10.7. The highest BCUT2D eigenvalue weighted by Gasteiger charge is 2.33. The SMILES string of the molecule is C=CCC(O)(CCCCC)C(=O)O. The van der Waals surface area contributed by atoms with Gasteiger partial charge in [-0.05, 0) is 12.8 Å². The first-order chi connectivity index (χ1) is 6.06. The van der Waals surface area contributed by atoms with Crippen LogP contribution in [-0.2, 0) is 4.79 Å². The van der Waals surface area contributed by atoms with Gasteiger partial charge in [0.1, 0.15) is 0 Å². The molecule has 76 valence electrons. The molecule has 0 amide bonds. The fraction of sp³-hybridized carbons (Fsp3) is 0.700. The highest BCUT2D eigenvalue weighted by atomic mass is 16.4. The average molecular weight is 186 g/mol. The number of carbonyl (C=O) groups is 1. The van der Waals surface area contributed by atoms with Crippen molar-refractivity contribution in [2.45, 2.75) is 44.6 Å². The molecule has 0 aromatic rings. The summed E-state index contributed by atoms with van der Waals surface area (Å²) in [7, 11) is 0. The van der Waals surface area contributed by atoms with Gasteiger partial charge in [0.05, 0.1) is 0 Å². The molecule has 1 unspecified atom stereocenters. The van der Waals surface area contributed by atoms with E-state index < -0.39 is 11.6 Å². The average Bonchev–Trinajstić information content (AvgIpc) is 2.05. The quantitative estimate of drug-likeness (QED) is 0.472. The van der Waals surface area contributed by atoms with Crippen LogP contribution in [0.3, 0.4) is 0 Å². The molecule has 0 bridgehead atoms. The van der Waals surface area contributed by atoms with Gasteiger partial charge >= 0.3 is 5.97 Å². The van der Waals surface area contributed by atoms with Gasteiger partial charge in [0, 0.05) is 6.42 Å². The van der Waals surface area contributed by atoms with E-state index in [1.807, 2.05) is 6.92 Å². The van der Waals surface area contributed by atoms with E-state index in [0.29, 0.717) is 6.42 Å². The van der Waals surface area contributed by atoms with E-state index in [-0.39, 0.29) is 6.42 Å². The Morgan fingerprint density at radius 1 is 1.54 bits per heavy atom. The summed E-state index contributed by atoms with van der Waals surface area (Å²) >= 11 is 0. The number of aliphatic carboxylic acids is 1. The first kappa shape index (κ1) is 12.2. The van der Waals surface area contributed by atoms with Crippen molar-refractivity contribution in [1.82, 2.24) is 0 Å². The van der Waals surface area contributed by atoms with E-state index in [2.05, 4.69) is 6.58 Å². The number of carboxylic acids is 1. The molecule has 1 atom stereocenters. The van der Waals surface area contributed by atoms with Crippen molar-refractivity contribution < 1.29 is 15.0 Å². The van der Waals surface area contributed by atoms with Crippen LogP contribution in [0.2, 0.25) is 0 Å². The molecule has 13 heavy (non-hydrogen) atoms. The smallest absolute Gasteiger partial charge is 0.335 e. The van der Waals surface area contributed by atoms with Crippen LogP contribution in [0.4, 0.5) is 0 Å². The molecule has 0 heterocycles.